The van der Waals surface area contributed by atoms with Crippen LogP contribution >= 0.6 is 11.3 Å². The number of carbonyl (C=O) groups excluding carboxylic acids is 1. The summed E-state index contributed by atoms with van der Waals surface area (Å²) in [6.45, 7) is 12.7. The number of Topliss-reactive ketones (excluding diaryl/α,β-unsaturated/α-hetero) is 1. The lowest BCUT2D eigenvalue weighted by molar-refractivity contribution is -0.430. The van der Waals surface area contributed by atoms with E-state index in [4.69, 9.17) is 9.72 Å². The molecule has 9 atom stereocenters. The van der Waals surface area contributed by atoms with Crippen molar-refractivity contribution in [3.05, 3.63) is 22.7 Å². The smallest absolute Gasteiger partial charge is 0.208 e. The van der Waals surface area contributed by atoms with Gasteiger partial charge in [-0.15, -0.1) is 11.3 Å². The van der Waals surface area contributed by atoms with E-state index < -0.39 is 34.7 Å². The first-order chi connectivity index (χ1) is 18.1. The Balaban J connectivity index is 1.33. The molecule has 6 fully saturated rings. The molecule has 8 rings (SSSR count). The van der Waals surface area contributed by atoms with Crippen molar-refractivity contribution in [2.75, 3.05) is 38.1 Å². The van der Waals surface area contributed by atoms with Crippen molar-refractivity contribution in [3.63, 3.8) is 0 Å². The van der Waals surface area contributed by atoms with Crippen LogP contribution in [-0.2, 0) is 21.4 Å². The number of aliphatic hydroxyl groups excluding tert-OH is 2. The number of aromatic nitrogens is 1. The highest BCUT2D eigenvalue weighted by molar-refractivity contribution is 7.15. The van der Waals surface area contributed by atoms with Gasteiger partial charge in [0.1, 0.15) is 11.5 Å². The Labute approximate surface area is 228 Å². The van der Waals surface area contributed by atoms with Crippen LogP contribution in [0, 0.1) is 28.6 Å². The second kappa shape index (κ2) is 8.33. The number of rotatable bonds is 5. The molecule has 4 heterocycles. The number of aliphatic hydroxyl groups is 3. The van der Waals surface area contributed by atoms with Crippen LogP contribution in [0.25, 0.3) is 0 Å². The minimum absolute atomic E-state index is 0.189. The third kappa shape index (κ3) is 2.83. The number of anilines is 1. The van der Waals surface area contributed by atoms with E-state index in [1.54, 1.807) is 11.3 Å². The standard InChI is InChI=1S/C29H41N3O5S/c1-4-26(3)14-18-21(31-25(38-18)30-10-13-32-11-6-5-7-12-32)27-15-37-29(36,24(35)20(26)27)28-19(27)9-8-17(23(28)34)16(2)22(28)33/h17,19-20,23-24,34-36H,2,4-15H2,1,3H3,(H,30,31)/t17-,19-,20+,23+,24-,26+,27-,28-,29-/m0/s1. The highest BCUT2D eigenvalue weighted by Gasteiger charge is 2.86. The summed E-state index contributed by atoms with van der Waals surface area (Å²) in [6, 6.07) is 0. The second-order valence-corrected chi connectivity index (χ2v) is 14.2. The average Bonchev–Trinajstić information content (AvgIpc) is 3.35. The van der Waals surface area contributed by atoms with Gasteiger partial charge in [-0.2, -0.15) is 0 Å². The topological polar surface area (TPSA) is 115 Å². The van der Waals surface area contributed by atoms with Crippen LogP contribution in [0.4, 0.5) is 5.13 Å². The van der Waals surface area contributed by atoms with Crippen LogP contribution in [0.3, 0.4) is 0 Å². The number of nitrogens with zero attached hydrogens (tertiary/aromatic N) is 2. The van der Waals surface area contributed by atoms with Gasteiger partial charge in [-0.25, -0.2) is 4.98 Å². The van der Waals surface area contributed by atoms with Crippen LogP contribution in [-0.4, -0.2) is 81.8 Å². The highest BCUT2D eigenvalue weighted by Crippen LogP contribution is 2.76. The van der Waals surface area contributed by atoms with Crippen LogP contribution in [0.15, 0.2) is 12.2 Å². The maximum Gasteiger partial charge on any atom is 0.208 e. The number of hydrogen-bond donors (Lipinski definition) is 4. The predicted octanol–water partition coefficient (Wildman–Crippen LogP) is 2.47. The van der Waals surface area contributed by atoms with Crippen molar-refractivity contribution in [1.82, 2.24) is 9.88 Å². The molecule has 8 nitrogen and oxygen atoms in total. The van der Waals surface area contributed by atoms with Crippen LogP contribution in [0.1, 0.15) is 62.9 Å². The third-order valence-electron chi connectivity index (χ3n) is 11.7. The minimum Gasteiger partial charge on any atom is -0.391 e. The Bertz CT molecular complexity index is 1180. The Morgan fingerprint density at radius 1 is 1.21 bits per heavy atom. The lowest BCUT2D eigenvalue weighted by atomic mass is 9.36. The Hall–Kier alpha value is -1.36. The van der Waals surface area contributed by atoms with Gasteiger partial charge >= 0.3 is 0 Å². The zero-order valence-corrected chi connectivity index (χ0v) is 23.4. The first kappa shape index (κ1) is 25.6. The summed E-state index contributed by atoms with van der Waals surface area (Å²) in [7, 11) is 0. The molecule has 1 aromatic heterocycles. The first-order valence-electron chi connectivity index (χ1n) is 14.6. The van der Waals surface area contributed by atoms with Gasteiger partial charge in [0.2, 0.25) is 5.79 Å². The number of ketones is 1. The summed E-state index contributed by atoms with van der Waals surface area (Å²) in [4.78, 5) is 22.8. The predicted molar refractivity (Wildman–Crippen MR) is 144 cm³/mol. The van der Waals surface area contributed by atoms with Gasteiger partial charge in [0.25, 0.3) is 0 Å². The van der Waals surface area contributed by atoms with E-state index in [2.05, 4.69) is 30.6 Å². The SMILES string of the molecule is C=C1C(=O)[C@]23[C@H](O)[C@H]1CC[C@H]2[C@@]12CO[C@@]3(O)[C@@H](O)[C@@H]1[C@](C)(CC)Cc1sc(NCCN3CCCCC3)nc12. The molecule has 3 aliphatic heterocycles. The quantitative estimate of drug-likeness (QED) is 0.419. The molecule has 0 aromatic carbocycles. The number of thiazole rings is 1. The molecule has 9 heteroatoms. The number of likely N-dealkylation sites (tertiary alicyclic amines) is 1. The van der Waals surface area contributed by atoms with Crippen molar-refractivity contribution in [1.29, 1.82) is 0 Å². The van der Waals surface area contributed by atoms with E-state index in [1.165, 1.54) is 24.1 Å². The van der Waals surface area contributed by atoms with E-state index in [1.807, 2.05) is 0 Å². The lowest BCUT2D eigenvalue weighted by Gasteiger charge is -2.73. The van der Waals surface area contributed by atoms with Crippen molar-refractivity contribution in [2.24, 2.45) is 28.6 Å². The van der Waals surface area contributed by atoms with E-state index in [-0.39, 0.29) is 29.6 Å². The number of fused-ring (bicyclic) bond motifs is 3. The highest BCUT2D eigenvalue weighted by atomic mass is 32.1. The molecule has 0 amide bonds. The summed E-state index contributed by atoms with van der Waals surface area (Å²) in [6.07, 6.45) is 4.28. The molecule has 0 radical (unpaired) electrons. The Morgan fingerprint density at radius 2 is 1.97 bits per heavy atom. The molecule has 1 aromatic rings. The van der Waals surface area contributed by atoms with Crippen LogP contribution < -0.4 is 5.32 Å². The van der Waals surface area contributed by atoms with Gasteiger partial charge in [-0.3, -0.25) is 4.79 Å². The normalized spacial score (nSPS) is 47.6. The van der Waals surface area contributed by atoms with Gasteiger partial charge in [-0.05, 0) is 68.5 Å². The lowest BCUT2D eigenvalue weighted by Crippen LogP contribution is -2.85. The zero-order valence-electron chi connectivity index (χ0n) is 22.5. The molecule has 3 saturated heterocycles. The largest absolute Gasteiger partial charge is 0.391 e. The van der Waals surface area contributed by atoms with Gasteiger partial charge in [0, 0.05) is 35.2 Å². The van der Waals surface area contributed by atoms with Crippen molar-refractivity contribution < 1.29 is 24.9 Å². The fourth-order valence-electron chi connectivity index (χ4n) is 9.85. The molecule has 4 aliphatic carbocycles. The number of ether oxygens (including phenoxy) is 1. The molecule has 7 aliphatic rings. The van der Waals surface area contributed by atoms with E-state index in [9.17, 15) is 20.1 Å². The maximum absolute atomic E-state index is 14.0. The summed E-state index contributed by atoms with van der Waals surface area (Å²) in [5, 5.41) is 40.2. The first-order valence-corrected chi connectivity index (χ1v) is 15.4. The molecular formula is C29H41N3O5S. The van der Waals surface area contributed by atoms with Crippen molar-refractivity contribution in [3.8, 4) is 0 Å². The van der Waals surface area contributed by atoms with Gasteiger partial charge < -0.3 is 30.3 Å². The van der Waals surface area contributed by atoms with Crippen molar-refractivity contribution >= 4 is 22.3 Å². The zero-order chi connectivity index (χ0) is 26.7. The Kier molecular flexibility index (Phi) is 5.61. The molecule has 2 spiro atoms. The summed E-state index contributed by atoms with van der Waals surface area (Å²) in [5.74, 6) is -3.60. The molecule has 0 unspecified atom stereocenters. The van der Waals surface area contributed by atoms with E-state index >= 15 is 0 Å². The Morgan fingerprint density at radius 3 is 2.71 bits per heavy atom. The molecule has 4 N–H and O–H groups in total. The molecule has 208 valence electrons. The minimum atomic E-state index is -2.14. The number of nitrogens with one attached hydrogen (secondary N) is 1. The summed E-state index contributed by atoms with van der Waals surface area (Å²) < 4.78 is 6.20. The fourth-order valence-corrected chi connectivity index (χ4v) is 11.1. The average molecular weight is 544 g/mol. The maximum atomic E-state index is 14.0. The third-order valence-corrected chi connectivity index (χ3v) is 12.7. The second-order valence-electron chi connectivity index (χ2n) is 13.2. The summed E-state index contributed by atoms with van der Waals surface area (Å²) >= 11 is 1.68. The van der Waals surface area contributed by atoms with Crippen molar-refractivity contribution in [2.45, 2.75) is 82.2 Å². The number of piperidine rings is 1. The molecular weight excluding hydrogens is 502 g/mol. The fraction of sp³-hybridized carbons (Fsp3) is 0.793. The molecule has 3 saturated carbocycles. The summed E-state index contributed by atoms with van der Waals surface area (Å²) in [5.41, 5.74) is -1.44. The van der Waals surface area contributed by atoms with Gasteiger partial charge in [0.05, 0.1) is 18.4 Å². The van der Waals surface area contributed by atoms with E-state index in [0.717, 1.165) is 49.8 Å². The van der Waals surface area contributed by atoms with Gasteiger partial charge in [-0.1, -0.05) is 26.8 Å². The monoisotopic (exact) mass is 543 g/mol. The molecule has 4 bridgehead atoms. The van der Waals surface area contributed by atoms with Gasteiger partial charge in [0.15, 0.2) is 10.9 Å². The number of hydrogen-bond acceptors (Lipinski definition) is 9. The van der Waals surface area contributed by atoms with E-state index in [0.29, 0.717) is 18.4 Å². The van der Waals surface area contributed by atoms with Crippen LogP contribution in [0.2, 0.25) is 0 Å². The number of carbonyl (C=O) groups is 1. The van der Waals surface area contributed by atoms with Crippen LogP contribution in [0.5, 0.6) is 0 Å². The molecule has 38 heavy (non-hydrogen) atoms.